The largest absolute Gasteiger partial charge is 0.406 e. The first-order valence-corrected chi connectivity index (χ1v) is 15.8. The molecule has 2 nitrogen and oxygen atoms in total. The first-order chi connectivity index (χ1) is 11.2. The normalized spacial score (nSPS) is 18.8. The van der Waals surface area contributed by atoms with E-state index in [2.05, 4.69) is 79.6 Å². The van der Waals surface area contributed by atoms with Gasteiger partial charge in [0.1, 0.15) is 6.10 Å². The quantitative estimate of drug-likeness (QED) is 0.394. The molecule has 0 aromatic rings. The summed E-state index contributed by atoms with van der Waals surface area (Å²) >= 11 is 0. The van der Waals surface area contributed by atoms with Crippen molar-refractivity contribution < 1.29 is 8.85 Å². The monoisotopic (exact) mass is 382 g/mol. The SMILES string of the molecule is CC(C)(C)[Si](C)(C)OCC#CC(O[Si](C)(C)C(C)(C)C)C1CCCC1. The van der Waals surface area contributed by atoms with Crippen LogP contribution in [-0.2, 0) is 8.85 Å². The molecule has 0 saturated heterocycles. The smallest absolute Gasteiger partial charge is 0.193 e. The first kappa shape index (κ1) is 23.0. The third kappa shape index (κ3) is 6.54. The van der Waals surface area contributed by atoms with Crippen LogP contribution >= 0.6 is 0 Å². The summed E-state index contributed by atoms with van der Waals surface area (Å²) in [5, 5.41) is 0.459. The zero-order valence-electron chi connectivity index (χ0n) is 18.5. The average molecular weight is 383 g/mol. The Morgan fingerprint density at radius 2 is 1.36 bits per heavy atom. The molecule has 0 aliphatic heterocycles. The summed E-state index contributed by atoms with van der Waals surface area (Å²) < 4.78 is 12.9. The molecule has 0 heterocycles. The number of hydrogen-bond acceptors (Lipinski definition) is 2. The predicted molar refractivity (Wildman–Crippen MR) is 115 cm³/mol. The zero-order valence-corrected chi connectivity index (χ0v) is 20.5. The van der Waals surface area contributed by atoms with Gasteiger partial charge in [0.25, 0.3) is 0 Å². The molecular formula is C21H42O2Si2. The van der Waals surface area contributed by atoms with Crippen molar-refractivity contribution in [3.63, 3.8) is 0 Å². The topological polar surface area (TPSA) is 18.5 Å². The van der Waals surface area contributed by atoms with E-state index < -0.39 is 16.6 Å². The van der Waals surface area contributed by atoms with Crippen LogP contribution in [0.15, 0.2) is 0 Å². The van der Waals surface area contributed by atoms with E-state index in [0.717, 1.165) is 0 Å². The lowest BCUT2D eigenvalue weighted by atomic mass is 10.0. The summed E-state index contributed by atoms with van der Waals surface area (Å²) in [6, 6.07) is 0. The van der Waals surface area contributed by atoms with Gasteiger partial charge in [-0.25, -0.2) is 0 Å². The molecule has 1 fully saturated rings. The number of rotatable bonds is 5. The van der Waals surface area contributed by atoms with Crippen LogP contribution in [0.5, 0.6) is 0 Å². The lowest BCUT2D eigenvalue weighted by Crippen LogP contribution is -2.45. The predicted octanol–water partition coefficient (Wildman–Crippen LogP) is 6.59. The van der Waals surface area contributed by atoms with E-state index in [4.69, 9.17) is 8.85 Å². The molecule has 146 valence electrons. The van der Waals surface area contributed by atoms with Crippen molar-refractivity contribution in [2.24, 2.45) is 5.92 Å². The van der Waals surface area contributed by atoms with Crippen LogP contribution in [0.1, 0.15) is 67.2 Å². The molecule has 0 aromatic heterocycles. The van der Waals surface area contributed by atoms with Gasteiger partial charge in [-0.3, -0.25) is 0 Å². The van der Waals surface area contributed by atoms with E-state index in [1.54, 1.807) is 0 Å². The fraction of sp³-hybridized carbons (Fsp3) is 0.905. The van der Waals surface area contributed by atoms with E-state index in [0.29, 0.717) is 12.5 Å². The Bertz CT molecular complexity index is 481. The summed E-state index contributed by atoms with van der Waals surface area (Å²) in [4.78, 5) is 0. The van der Waals surface area contributed by atoms with Crippen molar-refractivity contribution in [1.29, 1.82) is 0 Å². The Morgan fingerprint density at radius 3 is 1.80 bits per heavy atom. The molecule has 1 atom stereocenters. The minimum atomic E-state index is -1.80. The number of hydrogen-bond donors (Lipinski definition) is 0. The van der Waals surface area contributed by atoms with Gasteiger partial charge in [-0.15, -0.1) is 0 Å². The van der Waals surface area contributed by atoms with Gasteiger partial charge < -0.3 is 8.85 Å². The fourth-order valence-electron chi connectivity index (χ4n) is 2.57. The summed E-state index contributed by atoms with van der Waals surface area (Å²) in [6.45, 7) is 23.5. The van der Waals surface area contributed by atoms with Crippen molar-refractivity contribution in [3.05, 3.63) is 0 Å². The maximum atomic E-state index is 6.71. The highest BCUT2D eigenvalue weighted by molar-refractivity contribution is 6.74. The molecule has 1 saturated carbocycles. The zero-order chi connectivity index (χ0) is 19.5. The Morgan fingerprint density at radius 1 is 0.880 bits per heavy atom. The molecule has 1 rings (SSSR count). The second kappa shape index (κ2) is 8.29. The molecule has 0 bridgehead atoms. The van der Waals surface area contributed by atoms with Gasteiger partial charge in [0, 0.05) is 0 Å². The summed E-state index contributed by atoms with van der Waals surface area (Å²) in [5.74, 6) is 7.40. The van der Waals surface area contributed by atoms with Crippen LogP contribution in [0.2, 0.25) is 36.3 Å². The van der Waals surface area contributed by atoms with Gasteiger partial charge in [0.15, 0.2) is 16.6 Å². The molecule has 25 heavy (non-hydrogen) atoms. The van der Waals surface area contributed by atoms with Gasteiger partial charge in [-0.2, -0.15) is 0 Å². The minimum absolute atomic E-state index is 0.0893. The van der Waals surface area contributed by atoms with E-state index in [-0.39, 0.29) is 16.2 Å². The van der Waals surface area contributed by atoms with Crippen molar-refractivity contribution in [3.8, 4) is 11.8 Å². The highest BCUT2D eigenvalue weighted by atomic mass is 28.4. The minimum Gasteiger partial charge on any atom is -0.406 e. The van der Waals surface area contributed by atoms with Gasteiger partial charge in [0.2, 0.25) is 0 Å². The second-order valence-corrected chi connectivity index (χ2v) is 20.3. The molecule has 1 aliphatic carbocycles. The Hall–Kier alpha value is -0.0862. The van der Waals surface area contributed by atoms with Gasteiger partial charge in [-0.1, -0.05) is 66.2 Å². The molecule has 1 unspecified atom stereocenters. The van der Waals surface area contributed by atoms with Crippen LogP contribution in [0, 0.1) is 17.8 Å². The third-order valence-corrected chi connectivity index (χ3v) is 15.5. The summed E-state index contributed by atoms with van der Waals surface area (Å²) in [5.41, 5.74) is 0. The van der Waals surface area contributed by atoms with Crippen LogP contribution < -0.4 is 0 Å². The Kier molecular flexibility index (Phi) is 7.61. The van der Waals surface area contributed by atoms with Crippen molar-refractivity contribution in [2.45, 2.75) is 110 Å². The van der Waals surface area contributed by atoms with Crippen molar-refractivity contribution in [2.75, 3.05) is 6.61 Å². The fourth-order valence-corrected chi connectivity index (χ4v) is 4.68. The van der Waals surface area contributed by atoms with E-state index in [1.807, 2.05) is 0 Å². The lowest BCUT2D eigenvalue weighted by molar-refractivity contribution is 0.170. The standard InChI is InChI=1S/C21H42O2Si2/c1-20(2,3)24(7,8)22-17-13-16-19(18-14-11-12-15-18)23-25(9,10)21(4,5)6/h18-19H,11-12,14-15,17H2,1-10H3. The van der Waals surface area contributed by atoms with Crippen LogP contribution in [0.25, 0.3) is 0 Å². The molecule has 4 heteroatoms. The summed E-state index contributed by atoms with van der Waals surface area (Å²) in [7, 11) is -3.52. The maximum Gasteiger partial charge on any atom is 0.193 e. The molecule has 0 aromatic carbocycles. The molecule has 0 spiro atoms. The highest BCUT2D eigenvalue weighted by Gasteiger charge is 2.41. The first-order valence-electron chi connectivity index (χ1n) is 9.97. The maximum absolute atomic E-state index is 6.71. The molecule has 0 N–H and O–H groups in total. The van der Waals surface area contributed by atoms with Crippen molar-refractivity contribution >= 4 is 16.6 Å². The molecular weight excluding hydrogens is 340 g/mol. The molecule has 1 aliphatic rings. The van der Waals surface area contributed by atoms with Crippen LogP contribution in [0.4, 0.5) is 0 Å². The van der Waals surface area contributed by atoms with E-state index >= 15 is 0 Å². The molecule has 0 radical (unpaired) electrons. The van der Waals surface area contributed by atoms with E-state index in [9.17, 15) is 0 Å². The summed E-state index contributed by atoms with van der Waals surface area (Å²) in [6.07, 6.45) is 5.26. The highest BCUT2D eigenvalue weighted by Crippen LogP contribution is 2.40. The van der Waals surface area contributed by atoms with Crippen LogP contribution in [-0.4, -0.2) is 29.3 Å². The third-order valence-electron chi connectivity index (χ3n) is 6.61. The molecule has 0 amide bonds. The van der Waals surface area contributed by atoms with Gasteiger partial charge >= 0.3 is 0 Å². The van der Waals surface area contributed by atoms with Crippen molar-refractivity contribution in [1.82, 2.24) is 0 Å². The average Bonchev–Trinajstić information content (AvgIpc) is 2.93. The van der Waals surface area contributed by atoms with Gasteiger partial charge in [-0.05, 0) is 55.0 Å². The Labute approximate surface area is 159 Å². The van der Waals surface area contributed by atoms with Crippen LogP contribution in [0.3, 0.4) is 0 Å². The lowest BCUT2D eigenvalue weighted by Gasteiger charge is -2.39. The Balaban J connectivity index is 2.80. The van der Waals surface area contributed by atoms with E-state index in [1.165, 1.54) is 25.7 Å². The second-order valence-electron chi connectivity index (χ2n) is 10.7. The van der Waals surface area contributed by atoms with Gasteiger partial charge in [0.05, 0.1) is 6.61 Å².